The Bertz CT molecular complexity index is 266. The molecule has 2 atom stereocenters. The van der Waals surface area contributed by atoms with Gasteiger partial charge in [-0.25, -0.2) is 4.39 Å². The zero-order valence-corrected chi connectivity index (χ0v) is 9.44. The van der Waals surface area contributed by atoms with Crippen LogP contribution >= 0.6 is 0 Å². The van der Waals surface area contributed by atoms with Gasteiger partial charge in [0.15, 0.2) is 0 Å². The fourth-order valence-electron chi connectivity index (χ4n) is 3.16. The van der Waals surface area contributed by atoms with Gasteiger partial charge in [-0.05, 0) is 18.3 Å². The van der Waals surface area contributed by atoms with Gasteiger partial charge in [0, 0.05) is 18.6 Å². The standard InChI is InChI=1S/C12H20FN/c1-9-5-12(11(2,3)4)6-10(13)8-14(12)7-9/h10H,1,5-8H2,2-4H3/t10-,12?/m0/s1. The zero-order chi connectivity index (χ0) is 10.6. The van der Waals surface area contributed by atoms with Gasteiger partial charge in [0.1, 0.15) is 6.17 Å². The Morgan fingerprint density at radius 2 is 2.14 bits per heavy atom. The Kier molecular flexibility index (Phi) is 2.04. The van der Waals surface area contributed by atoms with Gasteiger partial charge in [0.25, 0.3) is 0 Å². The van der Waals surface area contributed by atoms with E-state index in [0.717, 1.165) is 13.0 Å². The van der Waals surface area contributed by atoms with Crippen molar-refractivity contribution in [3.8, 4) is 0 Å². The second-order valence-corrected chi connectivity index (χ2v) is 5.89. The summed E-state index contributed by atoms with van der Waals surface area (Å²) in [6.07, 6.45) is 1.04. The van der Waals surface area contributed by atoms with Crippen LogP contribution in [0.15, 0.2) is 12.2 Å². The first-order valence-electron chi connectivity index (χ1n) is 5.41. The number of alkyl halides is 1. The molecule has 1 nitrogen and oxygen atoms in total. The van der Waals surface area contributed by atoms with Gasteiger partial charge >= 0.3 is 0 Å². The van der Waals surface area contributed by atoms with Crippen LogP contribution in [0, 0.1) is 5.41 Å². The number of rotatable bonds is 0. The van der Waals surface area contributed by atoms with Crippen LogP contribution < -0.4 is 0 Å². The van der Waals surface area contributed by atoms with Crippen molar-refractivity contribution in [3.63, 3.8) is 0 Å². The summed E-state index contributed by atoms with van der Waals surface area (Å²) in [7, 11) is 0. The molecule has 0 N–H and O–H groups in total. The summed E-state index contributed by atoms with van der Waals surface area (Å²) in [6.45, 7) is 12.2. The highest BCUT2D eigenvalue weighted by atomic mass is 19.1. The molecule has 2 heterocycles. The Balaban J connectivity index is 2.34. The Hall–Kier alpha value is -0.370. The second-order valence-electron chi connectivity index (χ2n) is 5.89. The van der Waals surface area contributed by atoms with Crippen molar-refractivity contribution in [3.05, 3.63) is 12.2 Å². The molecular formula is C12H20FN. The Morgan fingerprint density at radius 1 is 1.50 bits per heavy atom. The molecule has 0 saturated carbocycles. The van der Waals surface area contributed by atoms with Gasteiger partial charge in [0.05, 0.1) is 0 Å². The van der Waals surface area contributed by atoms with Crippen molar-refractivity contribution >= 4 is 0 Å². The highest BCUT2D eigenvalue weighted by Gasteiger charge is 2.55. The van der Waals surface area contributed by atoms with E-state index in [0.29, 0.717) is 13.0 Å². The van der Waals surface area contributed by atoms with Crippen molar-refractivity contribution in [1.82, 2.24) is 4.90 Å². The number of hydrogen-bond acceptors (Lipinski definition) is 1. The quantitative estimate of drug-likeness (QED) is 0.540. The van der Waals surface area contributed by atoms with Gasteiger partial charge in [0.2, 0.25) is 0 Å². The maximum Gasteiger partial charge on any atom is 0.115 e. The first kappa shape index (κ1) is 10.2. The molecule has 2 heteroatoms. The molecule has 0 amide bonds. The summed E-state index contributed by atoms with van der Waals surface area (Å²) in [5.74, 6) is 0. The monoisotopic (exact) mass is 197 g/mol. The second kappa shape index (κ2) is 2.82. The number of fused-ring (bicyclic) bond motifs is 1. The topological polar surface area (TPSA) is 3.24 Å². The average Bonchev–Trinajstić information content (AvgIpc) is 2.38. The minimum absolute atomic E-state index is 0.0451. The highest BCUT2D eigenvalue weighted by Crippen LogP contribution is 2.51. The van der Waals surface area contributed by atoms with Crippen LogP contribution in [0.1, 0.15) is 33.6 Å². The molecule has 0 aromatic carbocycles. The molecule has 2 fully saturated rings. The molecule has 0 aromatic heterocycles. The minimum Gasteiger partial charge on any atom is -0.290 e. The highest BCUT2D eigenvalue weighted by molar-refractivity contribution is 5.22. The third-order valence-electron chi connectivity index (χ3n) is 3.94. The molecule has 80 valence electrons. The molecule has 2 aliphatic rings. The van der Waals surface area contributed by atoms with E-state index in [-0.39, 0.29) is 11.0 Å². The third-order valence-corrected chi connectivity index (χ3v) is 3.94. The fourth-order valence-corrected chi connectivity index (χ4v) is 3.16. The van der Waals surface area contributed by atoms with Crippen LogP contribution in [-0.2, 0) is 0 Å². The van der Waals surface area contributed by atoms with Crippen LogP contribution in [0.5, 0.6) is 0 Å². The van der Waals surface area contributed by atoms with E-state index >= 15 is 0 Å². The number of nitrogens with zero attached hydrogens (tertiary/aromatic N) is 1. The normalized spacial score (nSPS) is 39.1. The van der Waals surface area contributed by atoms with Crippen molar-refractivity contribution in [2.24, 2.45) is 5.41 Å². The Morgan fingerprint density at radius 3 is 2.64 bits per heavy atom. The maximum absolute atomic E-state index is 13.5. The lowest BCUT2D eigenvalue weighted by atomic mass is 9.70. The molecule has 2 aliphatic heterocycles. The van der Waals surface area contributed by atoms with Gasteiger partial charge in [-0.1, -0.05) is 32.9 Å². The van der Waals surface area contributed by atoms with E-state index in [1.54, 1.807) is 0 Å². The Labute approximate surface area is 86.0 Å². The third kappa shape index (κ3) is 1.23. The first-order valence-corrected chi connectivity index (χ1v) is 5.41. The van der Waals surface area contributed by atoms with E-state index in [1.165, 1.54) is 5.57 Å². The largest absolute Gasteiger partial charge is 0.290 e. The van der Waals surface area contributed by atoms with Gasteiger partial charge < -0.3 is 0 Å². The van der Waals surface area contributed by atoms with Gasteiger partial charge in [-0.15, -0.1) is 0 Å². The van der Waals surface area contributed by atoms with Crippen LogP contribution in [0.25, 0.3) is 0 Å². The molecule has 14 heavy (non-hydrogen) atoms. The van der Waals surface area contributed by atoms with Crippen molar-refractivity contribution in [2.45, 2.75) is 45.3 Å². The lowest BCUT2D eigenvalue weighted by molar-refractivity contribution is 0.0639. The molecule has 0 spiro atoms. The lowest BCUT2D eigenvalue weighted by Gasteiger charge is -2.43. The van der Waals surface area contributed by atoms with Crippen LogP contribution in [-0.4, -0.2) is 29.7 Å². The van der Waals surface area contributed by atoms with Crippen molar-refractivity contribution in [2.75, 3.05) is 13.1 Å². The summed E-state index contributed by atoms with van der Waals surface area (Å²) in [5.41, 5.74) is 1.46. The van der Waals surface area contributed by atoms with E-state index < -0.39 is 6.17 Å². The fraction of sp³-hybridized carbons (Fsp3) is 0.833. The number of hydrogen-bond donors (Lipinski definition) is 0. The predicted molar refractivity (Wildman–Crippen MR) is 57.0 cm³/mol. The summed E-state index contributed by atoms with van der Waals surface area (Å²) < 4.78 is 13.5. The zero-order valence-electron chi connectivity index (χ0n) is 9.44. The van der Waals surface area contributed by atoms with E-state index in [9.17, 15) is 4.39 Å². The molecule has 0 aliphatic carbocycles. The van der Waals surface area contributed by atoms with Gasteiger partial charge in [-0.2, -0.15) is 0 Å². The predicted octanol–water partition coefficient (Wildman–Crippen LogP) is 2.78. The van der Waals surface area contributed by atoms with E-state index in [4.69, 9.17) is 0 Å². The van der Waals surface area contributed by atoms with Crippen LogP contribution in [0.3, 0.4) is 0 Å². The smallest absolute Gasteiger partial charge is 0.115 e. The van der Waals surface area contributed by atoms with E-state index in [1.807, 2.05) is 0 Å². The number of halogens is 1. The summed E-state index contributed by atoms with van der Waals surface area (Å²) in [4.78, 5) is 2.31. The molecule has 2 rings (SSSR count). The SMILES string of the molecule is C=C1CN2C[C@@H](F)CC2(C(C)(C)C)C1. The minimum atomic E-state index is -0.637. The van der Waals surface area contributed by atoms with Crippen LogP contribution in [0.2, 0.25) is 0 Å². The molecule has 0 aromatic rings. The lowest BCUT2D eigenvalue weighted by Crippen LogP contribution is -2.48. The molecule has 0 bridgehead atoms. The maximum atomic E-state index is 13.5. The molecular weight excluding hydrogens is 177 g/mol. The summed E-state index contributed by atoms with van der Waals surface area (Å²) >= 11 is 0. The summed E-state index contributed by atoms with van der Waals surface area (Å²) in [6, 6.07) is 0. The first-order chi connectivity index (χ1) is 6.35. The molecule has 1 unspecified atom stereocenters. The molecule has 2 saturated heterocycles. The van der Waals surface area contributed by atoms with Gasteiger partial charge in [-0.3, -0.25) is 4.90 Å². The van der Waals surface area contributed by atoms with Crippen molar-refractivity contribution < 1.29 is 4.39 Å². The average molecular weight is 197 g/mol. The summed E-state index contributed by atoms with van der Waals surface area (Å²) in [5, 5.41) is 0. The molecule has 0 radical (unpaired) electrons. The van der Waals surface area contributed by atoms with Crippen molar-refractivity contribution in [1.29, 1.82) is 0 Å². The van der Waals surface area contributed by atoms with Crippen LogP contribution in [0.4, 0.5) is 4.39 Å². The van der Waals surface area contributed by atoms with E-state index in [2.05, 4.69) is 32.3 Å².